The molecule has 0 amide bonds. The fourth-order valence-electron chi connectivity index (χ4n) is 2.57. The highest BCUT2D eigenvalue weighted by atomic mass is 16.2. The van der Waals surface area contributed by atoms with Crippen LogP contribution in [0, 0.1) is 6.92 Å². The van der Waals surface area contributed by atoms with Crippen LogP contribution in [0.15, 0.2) is 27.8 Å². The Morgan fingerprint density at radius 2 is 1.86 bits per heavy atom. The molecule has 0 aliphatic carbocycles. The third-order valence-electron chi connectivity index (χ3n) is 3.91. The van der Waals surface area contributed by atoms with Gasteiger partial charge in [0, 0.05) is 13.1 Å². The summed E-state index contributed by atoms with van der Waals surface area (Å²) in [7, 11) is 0. The Labute approximate surface area is 124 Å². The van der Waals surface area contributed by atoms with Crippen molar-refractivity contribution in [3.05, 3.63) is 55.3 Å². The van der Waals surface area contributed by atoms with Crippen molar-refractivity contribution in [3.8, 4) is 0 Å². The molecule has 4 nitrogen and oxygen atoms in total. The average Bonchev–Trinajstić information content (AvgIpc) is 2.49. The quantitative estimate of drug-likeness (QED) is 0.826. The Morgan fingerprint density at radius 3 is 2.43 bits per heavy atom. The molecule has 0 saturated carbocycles. The largest absolute Gasteiger partial charge is 0.394 e. The molecule has 112 valence electrons. The van der Waals surface area contributed by atoms with E-state index in [9.17, 15) is 9.59 Å². The van der Waals surface area contributed by atoms with E-state index in [2.05, 4.69) is 32.0 Å². The first-order chi connectivity index (χ1) is 9.99. The molecule has 2 aromatic rings. The first-order valence-corrected chi connectivity index (χ1v) is 7.41. The van der Waals surface area contributed by atoms with E-state index in [1.54, 1.807) is 0 Å². The zero-order valence-corrected chi connectivity index (χ0v) is 12.9. The smallest absolute Gasteiger partial charge is 0.253 e. The summed E-state index contributed by atoms with van der Waals surface area (Å²) in [6.07, 6.45) is 1.87. The molecule has 2 N–H and O–H groups in total. The number of nitrogens with zero attached hydrogens (tertiary/aromatic N) is 1. The lowest BCUT2D eigenvalue weighted by Gasteiger charge is -2.27. The van der Waals surface area contributed by atoms with E-state index < -0.39 is 10.9 Å². The second kappa shape index (κ2) is 6.12. The summed E-state index contributed by atoms with van der Waals surface area (Å²) < 4.78 is 0. The minimum absolute atomic E-state index is 0.109. The van der Waals surface area contributed by atoms with Gasteiger partial charge in [-0.3, -0.25) is 9.59 Å². The Hall–Kier alpha value is -2.10. The minimum Gasteiger partial charge on any atom is -0.394 e. The maximum Gasteiger partial charge on any atom is 0.253 e. The molecule has 0 aliphatic heterocycles. The van der Waals surface area contributed by atoms with Crippen LogP contribution in [0.2, 0.25) is 0 Å². The Balaban J connectivity index is 2.33. The van der Waals surface area contributed by atoms with Gasteiger partial charge in [-0.2, -0.15) is 0 Å². The van der Waals surface area contributed by atoms with Gasteiger partial charge in [0.15, 0.2) is 0 Å². The highest BCUT2D eigenvalue weighted by molar-refractivity contribution is 5.72. The average molecular weight is 286 g/mol. The number of benzene rings is 1. The number of nitrogen functional groups attached to an aromatic ring is 1. The van der Waals surface area contributed by atoms with Crippen molar-refractivity contribution < 1.29 is 0 Å². The van der Waals surface area contributed by atoms with Crippen LogP contribution < -0.4 is 21.5 Å². The molecule has 2 rings (SSSR count). The maximum absolute atomic E-state index is 11.8. The lowest BCUT2D eigenvalue weighted by molar-refractivity contribution is 0.758. The van der Waals surface area contributed by atoms with Gasteiger partial charge in [-0.1, -0.05) is 32.0 Å². The Morgan fingerprint density at radius 1 is 1.14 bits per heavy atom. The molecule has 4 heteroatoms. The predicted octanol–water partition coefficient (Wildman–Crippen LogP) is 2.15. The van der Waals surface area contributed by atoms with Crippen molar-refractivity contribution in [1.29, 1.82) is 0 Å². The number of hydrogen-bond acceptors (Lipinski definition) is 4. The molecule has 2 aromatic carbocycles. The summed E-state index contributed by atoms with van der Waals surface area (Å²) >= 11 is 0. The van der Waals surface area contributed by atoms with Gasteiger partial charge in [-0.25, -0.2) is 0 Å². The van der Waals surface area contributed by atoms with E-state index in [-0.39, 0.29) is 5.69 Å². The van der Waals surface area contributed by atoms with Crippen molar-refractivity contribution in [2.24, 2.45) is 0 Å². The Bertz CT molecular complexity index is 712. The van der Waals surface area contributed by atoms with Crippen molar-refractivity contribution in [1.82, 2.24) is 0 Å². The summed E-state index contributed by atoms with van der Waals surface area (Å²) in [6.45, 7) is 7.55. The number of rotatable bonds is 6. The number of aryl methyl sites for hydroxylation is 2. The molecule has 0 radical (unpaired) electrons. The Kier molecular flexibility index (Phi) is 4.46. The maximum atomic E-state index is 11.8. The van der Waals surface area contributed by atoms with Crippen molar-refractivity contribution in [3.63, 3.8) is 0 Å². The van der Waals surface area contributed by atoms with Gasteiger partial charge in [-0.15, -0.1) is 0 Å². The van der Waals surface area contributed by atoms with Gasteiger partial charge in [-0.05, 0) is 36.5 Å². The fraction of sp³-hybridized carbons (Fsp3) is 0.412. The van der Waals surface area contributed by atoms with Crippen LogP contribution in [0.4, 0.5) is 11.4 Å². The zero-order chi connectivity index (χ0) is 15.6. The summed E-state index contributed by atoms with van der Waals surface area (Å²) in [4.78, 5) is 25.0. The van der Waals surface area contributed by atoms with Crippen molar-refractivity contribution in [2.45, 2.75) is 40.2 Å². The van der Waals surface area contributed by atoms with E-state index in [1.807, 2.05) is 11.8 Å². The summed E-state index contributed by atoms with van der Waals surface area (Å²) in [6, 6.07) is 6.39. The third-order valence-corrected chi connectivity index (χ3v) is 3.91. The molecular weight excluding hydrogens is 264 g/mol. The normalized spacial score (nSPS) is 11.0. The van der Waals surface area contributed by atoms with Gasteiger partial charge in [0.1, 0.15) is 11.4 Å². The SMILES string of the molecule is CCCN(Cc1cc(CC)ccc1C)c1c(N)c(=O)c1=O. The van der Waals surface area contributed by atoms with Crippen LogP contribution in [0.3, 0.4) is 0 Å². The molecule has 0 bridgehead atoms. The van der Waals surface area contributed by atoms with E-state index in [4.69, 9.17) is 5.73 Å². The molecule has 0 aliphatic rings. The molecule has 0 saturated heterocycles. The molecule has 0 unspecified atom stereocenters. The standard InChI is InChI=1S/C17H22N2O2/c1-4-8-19(15-14(18)16(20)17(15)21)10-13-9-12(5-2)7-6-11(13)3/h6-7,9H,4-5,8,10,18H2,1-3H3. The minimum atomic E-state index is -0.551. The predicted molar refractivity (Wildman–Crippen MR) is 87.7 cm³/mol. The van der Waals surface area contributed by atoms with E-state index in [1.165, 1.54) is 16.7 Å². The summed E-state index contributed by atoms with van der Waals surface area (Å²) in [5.74, 6) is 0. The van der Waals surface area contributed by atoms with Gasteiger partial charge >= 0.3 is 0 Å². The van der Waals surface area contributed by atoms with Crippen LogP contribution in [0.25, 0.3) is 0 Å². The first-order valence-electron chi connectivity index (χ1n) is 7.41. The van der Waals surface area contributed by atoms with Gasteiger partial charge in [0.25, 0.3) is 10.9 Å². The molecule has 0 atom stereocenters. The van der Waals surface area contributed by atoms with Crippen LogP contribution in [-0.4, -0.2) is 6.54 Å². The number of nitrogens with two attached hydrogens (primary N) is 1. The van der Waals surface area contributed by atoms with E-state index in [0.29, 0.717) is 18.8 Å². The first kappa shape index (κ1) is 15.3. The molecular formula is C17H22N2O2. The van der Waals surface area contributed by atoms with Crippen molar-refractivity contribution in [2.75, 3.05) is 17.2 Å². The lowest BCUT2D eigenvalue weighted by Crippen LogP contribution is -2.42. The summed E-state index contributed by atoms with van der Waals surface area (Å²) in [5, 5.41) is 0. The van der Waals surface area contributed by atoms with Gasteiger partial charge in [0.2, 0.25) is 0 Å². The molecule has 0 aromatic heterocycles. The topological polar surface area (TPSA) is 63.4 Å². The van der Waals surface area contributed by atoms with Crippen LogP contribution in [-0.2, 0) is 13.0 Å². The fourth-order valence-corrected chi connectivity index (χ4v) is 2.57. The second-order valence-corrected chi connectivity index (χ2v) is 5.46. The van der Waals surface area contributed by atoms with Gasteiger partial charge < -0.3 is 10.6 Å². The van der Waals surface area contributed by atoms with Crippen LogP contribution in [0.5, 0.6) is 0 Å². The van der Waals surface area contributed by atoms with Crippen LogP contribution in [0.1, 0.15) is 37.0 Å². The number of anilines is 2. The number of hydrogen-bond donors (Lipinski definition) is 1. The summed E-state index contributed by atoms with van der Waals surface area (Å²) in [5.41, 5.74) is 8.83. The monoisotopic (exact) mass is 286 g/mol. The highest BCUT2D eigenvalue weighted by Gasteiger charge is 2.23. The van der Waals surface area contributed by atoms with Crippen molar-refractivity contribution >= 4 is 11.4 Å². The third kappa shape index (κ3) is 2.84. The highest BCUT2D eigenvalue weighted by Crippen LogP contribution is 2.22. The van der Waals surface area contributed by atoms with Crippen LogP contribution >= 0.6 is 0 Å². The lowest BCUT2D eigenvalue weighted by atomic mass is 10.0. The molecule has 0 heterocycles. The molecule has 0 fully saturated rings. The molecule has 0 spiro atoms. The van der Waals surface area contributed by atoms with Gasteiger partial charge in [0.05, 0.1) is 0 Å². The second-order valence-electron chi connectivity index (χ2n) is 5.46. The van der Waals surface area contributed by atoms with E-state index >= 15 is 0 Å². The van der Waals surface area contributed by atoms with E-state index in [0.717, 1.165) is 12.8 Å². The zero-order valence-electron chi connectivity index (χ0n) is 12.9. The molecule has 21 heavy (non-hydrogen) atoms.